The van der Waals surface area contributed by atoms with Crippen molar-refractivity contribution in [2.24, 2.45) is 0 Å². The van der Waals surface area contributed by atoms with Gasteiger partial charge >= 0.3 is 0 Å². The molecule has 0 aromatic carbocycles. The topological polar surface area (TPSA) is 29.9 Å². The van der Waals surface area contributed by atoms with Crippen molar-refractivity contribution in [3.05, 3.63) is 17.5 Å². The van der Waals surface area contributed by atoms with Crippen molar-refractivity contribution in [3.8, 4) is 0 Å². The van der Waals surface area contributed by atoms with Crippen LogP contribution in [0.4, 0.5) is 8.78 Å². The van der Waals surface area contributed by atoms with Crippen LogP contribution in [-0.4, -0.2) is 16.3 Å². The first kappa shape index (κ1) is 12.1. The van der Waals surface area contributed by atoms with Crippen LogP contribution in [0.3, 0.4) is 0 Å². The third-order valence-electron chi connectivity index (χ3n) is 2.18. The minimum Gasteiger partial charge on any atom is -0.313 e. The van der Waals surface area contributed by atoms with Crippen molar-refractivity contribution in [1.29, 1.82) is 0 Å². The highest BCUT2D eigenvalue weighted by Gasteiger charge is 2.20. The predicted molar refractivity (Wildman–Crippen MR) is 54.9 cm³/mol. The van der Waals surface area contributed by atoms with Crippen molar-refractivity contribution >= 4 is 0 Å². The lowest BCUT2D eigenvalue weighted by Crippen LogP contribution is -2.14. The molecule has 5 heteroatoms. The van der Waals surface area contributed by atoms with Gasteiger partial charge in [-0.25, -0.2) is 8.78 Å². The monoisotopic (exact) mass is 217 g/mol. The number of nitrogens with zero attached hydrogens (tertiary/aromatic N) is 2. The van der Waals surface area contributed by atoms with Gasteiger partial charge in [-0.3, -0.25) is 4.68 Å². The molecule has 1 heterocycles. The Bertz CT molecular complexity index is 308. The van der Waals surface area contributed by atoms with Gasteiger partial charge in [-0.2, -0.15) is 5.10 Å². The molecule has 1 aromatic rings. The molecule has 0 spiro atoms. The molecule has 0 aliphatic carbocycles. The summed E-state index contributed by atoms with van der Waals surface area (Å²) in [5.74, 6) is 0. The number of hydrogen-bond donors (Lipinski definition) is 1. The molecular formula is C10H17F2N3. The fourth-order valence-corrected chi connectivity index (χ4v) is 1.45. The summed E-state index contributed by atoms with van der Waals surface area (Å²) in [7, 11) is 0. The van der Waals surface area contributed by atoms with E-state index in [0.29, 0.717) is 12.1 Å². The van der Waals surface area contributed by atoms with Crippen molar-refractivity contribution in [2.75, 3.05) is 6.54 Å². The summed E-state index contributed by atoms with van der Waals surface area (Å²) in [5.41, 5.74) is 0.617. The SMILES string of the molecule is CCNCc1cnn(C(C)C)c1C(F)F. The van der Waals surface area contributed by atoms with Gasteiger partial charge in [-0.05, 0) is 20.4 Å². The van der Waals surface area contributed by atoms with Gasteiger partial charge in [0.2, 0.25) is 0 Å². The van der Waals surface area contributed by atoms with Crippen LogP contribution in [0.1, 0.15) is 44.5 Å². The van der Waals surface area contributed by atoms with E-state index >= 15 is 0 Å². The zero-order valence-electron chi connectivity index (χ0n) is 9.30. The molecule has 0 radical (unpaired) electrons. The average molecular weight is 217 g/mol. The molecule has 15 heavy (non-hydrogen) atoms. The minimum atomic E-state index is -2.47. The lowest BCUT2D eigenvalue weighted by Gasteiger charge is -2.11. The van der Waals surface area contributed by atoms with E-state index in [1.165, 1.54) is 10.9 Å². The van der Waals surface area contributed by atoms with Crippen molar-refractivity contribution in [1.82, 2.24) is 15.1 Å². The molecule has 1 N–H and O–H groups in total. The summed E-state index contributed by atoms with van der Waals surface area (Å²) in [6.45, 7) is 6.83. The molecule has 0 saturated carbocycles. The third-order valence-corrected chi connectivity index (χ3v) is 2.18. The summed E-state index contributed by atoms with van der Waals surface area (Å²) < 4.78 is 27.0. The summed E-state index contributed by atoms with van der Waals surface area (Å²) in [6, 6.07) is -0.0376. The molecule has 0 unspecified atom stereocenters. The first-order valence-electron chi connectivity index (χ1n) is 5.13. The minimum absolute atomic E-state index is 0.0333. The smallest absolute Gasteiger partial charge is 0.280 e. The van der Waals surface area contributed by atoms with Crippen LogP contribution in [0.25, 0.3) is 0 Å². The summed E-state index contributed by atoms with van der Waals surface area (Å²) in [5, 5.41) is 7.01. The summed E-state index contributed by atoms with van der Waals surface area (Å²) in [6.07, 6.45) is -0.951. The molecule has 0 fully saturated rings. The highest BCUT2D eigenvalue weighted by atomic mass is 19.3. The molecule has 0 saturated heterocycles. The number of halogens is 2. The largest absolute Gasteiger partial charge is 0.313 e. The maximum atomic E-state index is 12.8. The lowest BCUT2D eigenvalue weighted by atomic mass is 10.2. The van der Waals surface area contributed by atoms with E-state index in [1.807, 2.05) is 20.8 Å². The second-order valence-electron chi connectivity index (χ2n) is 3.67. The normalized spacial score (nSPS) is 11.7. The number of nitrogens with one attached hydrogen (secondary N) is 1. The molecule has 0 atom stereocenters. The second-order valence-corrected chi connectivity index (χ2v) is 3.67. The molecule has 0 bridgehead atoms. The van der Waals surface area contributed by atoms with Crippen LogP contribution in [0, 0.1) is 0 Å². The summed E-state index contributed by atoms with van der Waals surface area (Å²) >= 11 is 0. The van der Waals surface area contributed by atoms with E-state index in [2.05, 4.69) is 10.4 Å². The number of hydrogen-bond acceptors (Lipinski definition) is 2. The molecule has 0 amide bonds. The van der Waals surface area contributed by atoms with Gasteiger partial charge in [0.25, 0.3) is 6.43 Å². The molecule has 3 nitrogen and oxygen atoms in total. The van der Waals surface area contributed by atoms with Gasteiger partial charge in [-0.1, -0.05) is 6.92 Å². The van der Waals surface area contributed by atoms with Crippen LogP contribution in [0.2, 0.25) is 0 Å². The van der Waals surface area contributed by atoms with E-state index in [-0.39, 0.29) is 11.7 Å². The molecule has 0 aliphatic heterocycles. The maximum absolute atomic E-state index is 12.8. The first-order chi connectivity index (χ1) is 7.07. The van der Waals surface area contributed by atoms with Gasteiger partial charge < -0.3 is 5.32 Å². The average Bonchev–Trinajstić information content (AvgIpc) is 2.58. The van der Waals surface area contributed by atoms with E-state index < -0.39 is 6.43 Å². The third kappa shape index (κ3) is 2.75. The molecule has 0 aliphatic rings. The lowest BCUT2D eigenvalue weighted by molar-refractivity contribution is 0.135. The first-order valence-corrected chi connectivity index (χ1v) is 5.13. The fraction of sp³-hybridized carbons (Fsp3) is 0.700. The van der Waals surface area contributed by atoms with Crippen molar-refractivity contribution in [2.45, 2.75) is 39.8 Å². The van der Waals surface area contributed by atoms with Crippen LogP contribution < -0.4 is 5.32 Å². The van der Waals surface area contributed by atoms with Crippen LogP contribution >= 0.6 is 0 Å². The number of alkyl halides is 2. The van der Waals surface area contributed by atoms with Gasteiger partial charge in [0, 0.05) is 18.2 Å². The number of aromatic nitrogens is 2. The van der Waals surface area contributed by atoms with E-state index in [0.717, 1.165) is 6.54 Å². The second kappa shape index (κ2) is 5.21. The Labute approximate surface area is 88.5 Å². The quantitative estimate of drug-likeness (QED) is 0.821. The molecular weight excluding hydrogens is 200 g/mol. The van der Waals surface area contributed by atoms with Gasteiger partial charge in [0.15, 0.2) is 0 Å². The van der Waals surface area contributed by atoms with Gasteiger partial charge in [-0.15, -0.1) is 0 Å². The molecule has 86 valence electrons. The fourth-order valence-electron chi connectivity index (χ4n) is 1.45. The Morgan fingerprint density at radius 2 is 2.13 bits per heavy atom. The van der Waals surface area contributed by atoms with E-state index in [1.54, 1.807) is 0 Å². The highest BCUT2D eigenvalue weighted by molar-refractivity contribution is 5.19. The zero-order chi connectivity index (χ0) is 11.4. The van der Waals surface area contributed by atoms with Crippen LogP contribution in [0.5, 0.6) is 0 Å². The Morgan fingerprint density at radius 3 is 2.60 bits per heavy atom. The predicted octanol–water partition coefficient (Wildman–Crippen LogP) is 2.51. The van der Waals surface area contributed by atoms with Crippen LogP contribution in [0.15, 0.2) is 6.20 Å². The maximum Gasteiger partial charge on any atom is 0.280 e. The number of rotatable bonds is 5. The van der Waals surface area contributed by atoms with Crippen molar-refractivity contribution < 1.29 is 8.78 Å². The van der Waals surface area contributed by atoms with Crippen molar-refractivity contribution in [3.63, 3.8) is 0 Å². The highest BCUT2D eigenvalue weighted by Crippen LogP contribution is 2.25. The van der Waals surface area contributed by atoms with Crippen LogP contribution in [-0.2, 0) is 6.54 Å². The Kier molecular flexibility index (Phi) is 4.20. The Morgan fingerprint density at radius 1 is 1.47 bits per heavy atom. The van der Waals surface area contributed by atoms with Gasteiger partial charge in [0.05, 0.1) is 6.20 Å². The standard InChI is InChI=1S/C10H17F2N3/c1-4-13-5-8-6-14-15(7(2)3)9(8)10(11)12/h6-7,10,13H,4-5H2,1-3H3. The van der Waals surface area contributed by atoms with E-state index in [9.17, 15) is 8.78 Å². The van der Waals surface area contributed by atoms with E-state index in [4.69, 9.17) is 0 Å². The summed E-state index contributed by atoms with van der Waals surface area (Å²) in [4.78, 5) is 0. The molecule has 1 rings (SSSR count). The zero-order valence-corrected chi connectivity index (χ0v) is 9.30. The Balaban J connectivity index is 2.96. The van der Waals surface area contributed by atoms with Gasteiger partial charge in [0.1, 0.15) is 5.69 Å². The molecule has 1 aromatic heterocycles. The Hall–Kier alpha value is -0.970.